The molecule has 76 heavy (non-hydrogen) atoms. The Labute approximate surface area is 460 Å². The Hall–Kier alpha value is -6.36. The van der Waals surface area contributed by atoms with E-state index in [0.29, 0.717) is 37.8 Å². The molecule has 0 unspecified atom stereocenters. The molecular formula is C63H73LiN4O8. The number of hydrogen-bond acceptors (Lipinski definition) is 8. The summed E-state index contributed by atoms with van der Waals surface area (Å²) in [6.07, 6.45) is 7.34. The second kappa shape index (κ2) is 28.7. The Balaban J connectivity index is 0.000000237. The number of piperidine rings is 4. The summed E-state index contributed by atoms with van der Waals surface area (Å²) in [5.74, 6) is -1.38. The number of amides is 2. The Bertz CT molecular complexity index is 2630. The van der Waals surface area contributed by atoms with Crippen molar-refractivity contribution in [3.05, 3.63) is 215 Å². The van der Waals surface area contributed by atoms with Crippen LogP contribution in [0.4, 0.5) is 0 Å². The molecule has 4 saturated heterocycles. The monoisotopic (exact) mass is 1020 g/mol. The fourth-order valence-corrected chi connectivity index (χ4v) is 12.2. The zero-order valence-electron chi connectivity index (χ0n) is 44.1. The van der Waals surface area contributed by atoms with Crippen molar-refractivity contribution in [1.82, 2.24) is 19.6 Å². The van der Waals surface area contributed by atoms with Crippen LogP contribution >= 0.6 is 0 Å². The van der Waals surface area contributed by atoms with Crippen molar-refractivity contribution >= 4 is 23.8 Å². The zero-order chi connectivity index (χ0) is 50.5. The van der Waals surface area contributed by atoms with Gasteiger partial charge in [0.25, 0.3) is 0 Å². The Morgan fingerprint density at radius 3 is 1.12 bits per heavy atom. The number of carbonyl (C=O) groups is 4. The van der Waals surface area contributed by atoms with Gasteiger partial charge in [-0.05, 0) is 110 Å². The second-order valence-electron chi connectivity index (χ2n) is 20.3. The summed E-state index contributed by atoms with van der Waals surface area (Å²) in [7, 11) is 1.42. The molecule has 4 N–H and O–H groups in total. The van der Waals surface area contributed by atoms with E-state index in [-0.39, 0.29) is 59.7 Å². The summed E-state index contributed by atoms with van der Waals surface area (Å²) >= 11 is 0. The number of rotatable bonds is 12. The first-order chi connectivity index (χ1) is 35.8. The molecule has 0 aliphatic carbocycles. The number of benzene rings is 6. The molecule has 6 atom stereocenters. The molecule has 4 fully saturated rings. The van der Waals surface area contributed by atoms with Gasteiger partial charge in [-0.15, -0.1) is 0 Å². The van der Waals surface area contributed by atoms with Crippen molar-refractivity contribution in [1.29, 1.82) is 0 Å². The van der Waals surface area contributed by atoms with Crippen LogP contribution in [0.15, 0.2) is 182 Å². The molecule has 6 aromatic rings. The predicted molar refractivity (Wildman–Crippen MR) is 292 cm³/mol. The number of hydrogen-bond donors (Lipinski definition) is 1. The van der Waals surface area contributed by atoms with Crippen LogP contribution in [-0.2, 0) is 23.9 Å². The number of likely N-dealkylation sites (tertiary alicyclic amines) is 4. The largest absolute Gasteiger partial charge is 1.00 e. The number of carboxylic acids is 1. The summed E-state index contributed by atoms with van der Waals surface area (Å²) in [6.45, 7) is 4.98. The number of esters is 1. The number of ether oxygens (including phenoxy) is 1. The van der Waals surface area contributed by atoms with E-state index in [2.05, 4.69) is 64.4 Å². The van der Waals surface area contributed by atoms with Gasteiger partial charge in [0.1, 0.15) is 12.1 Å². The average Bonchev–Trinajstić information content (AvgIpc) is 3.47. The summed E-state index contributed by atoms with van der Waals surface area (Å²) in [5.41, 5.74) is 6.40. The molecule has 4 aliphatic rings. The van der Waals surface area contributed by atoms with E-state index in [0.717, 1.165) is 80.5 Å². The first-order valence-corrected chi connectivity index (χ1v) is 26.5. The minimum atomic E-state index is -0.912. The van der Waals surface area contributed by atoms with Crippen molar-refractivity contribution in [2.45, 2.75) is 99.2 Å². The normalized spacial score (nSPS) is 21.8. The van der Waals surface area contributed by atoms with E-state index in [1.807, 2.05) is 127 Å². The molecule has 2 amide bonds. The van der Waals surface area contributed by atoms with Crippen LogP contribution in [0.25, 0.3) is 0 Å². The molecule has 10 rings (SSSR count). The van der Waals surface area contributed by atoms with E-state index in [9.17, 15) is 24.3 Å². The van der Waals surface area contributed by atoms with Crippen LogP contribution in [0.2, 0.25) is 0 Å². The van der Waals surface area contributed by atoms with E-state index < -0.39 is 29.9 Å². The van der Waals surface area contributed by atoms with Crippen molar-refractivity contribution in [3.8, 4) is 0 Å². The first kappa shape index (κ1) is 58.9. The van der Waals surface area contributed by atoms with Gasteiger partial charge in [-0.3, -0.25) is 19.4 Å². The molecule has 394 valence electrons. The van der Waals surface area contributed by atoms with Crippen molar-refractivity contribution in [2.75, 3.05) is 46.4 Å². The molecular weight excluding hydrogens is 948 g/mol. The SMILES string of the molecule is COC(=O)[C@@H]1C[C@@H](N2CCC[C@@H](c3ccccc3)C2)CCN1C(=O)C(c1ccccc1)c1ccccc1.O.O=C(O)[C@@H]1C[C@@H](N2CCC[C@@H](c3ccccc3)C2)CCN1C(=O)C(c1ccccc1)c1ccccc1.[Li+].[OH-]. The van der Waals surface area contributed by atoms with Gasteiger partial charge in [0.15, 0.2) is 0 Å². The molecule has 12 nitrogen and oxygen atoms in total. The fourth-order valence-electron chi connectivity index (χ4n) is 12.2. The Morgan fingerprint density at radius 2 is 0.789 bits per heavy atom. The minimum absolute atomic E-state index is 0. The smallest absolute Gasteiger partial charge is 0.870 e. The fraction of sp³-hybridized carbons (Fsp3) is 0.365. The maximum absolute atomic E-state index is 14.2. The third kappa shape index (κ3) is 14.2. The van der Waals surface area contributed by atoms with E-state index >= 15 is 0 Å². The average molecular weight is 1020 g/mol. The van der Waals surface area contributed by atoms with Gasteiger partial charge >= 0.3 is 30.8 Å². The van der Waals surface area contributed by atoms with Crippen LogP contribution in [0.5, 0.6) is 0 Å². The van der Waals surface area contributed by atoms with E-state index in [1.165, 1.54) is 24.7 Å². The van der Waals surface area contributed by atoms with Gasteiger partial charge in [0.05, 0.1) is 18.9 Å². The molecule has 0 radical (unpaired) electrons. The number of carboxylic acid groups (broad SMARTS) is 1. The number of carbonyl (C=O) groups excluding carboxylic acids is 3. The molecule has 13 heteroatoms. The number of aliphatic carboxylic acids is 1. The first-order valence-electron chi connectivity index (χ1n) is 26.5. The summed E-state index contributed by atoms with van der Waals surface area (Å²) in [6, 6.07) is 59.5. The molecule has 0 bridgehead atoms. The van der Waals surface area contributed by atoms with Crippen LogP contribution in [0.1, 0.15) is 108 Å². The summed E-state index contributed by atoms with van der Waals surface area (Å²) in [5, 5.41) is 10.2. The van der Waals surface area contributed by atoms with Crippen molar-refractivity contribution in [2.24, 2.45) is 0 Å². The third-order valence-electron chi connectivity index (χ3n) is 16.0. The van der Waals surface area contributed by atoms with E-state index in [1.54, 1.807) is 9.80 Å². The molecule has 0 saturated carbocycles. The Kier molecular flexibility index (Phi) is 22.2. The molecule has 4 heterocycles. The third-order valence-corrected chi connectivity index (χ3v) is 16.0. The number of methoxy groups -OCH3 is 1. The number of nitrogens with zero attached hydrogens (tertiary/aromatic N) is 4. The Morgan fingerprint density at radius 1 is 0.474 bits per heavy atom. The molecule has 0 spiro atoms. The molecule has 6 aromatic carbocycles. The zero-order valence-corrected chi connectivity index (χ0v) is 44.1. The van der Waals surface area contributed by atoms with Gasteiger partial charge in [-0.1, -0.05) is 182 Å². The minimum Gasteiger partial charge on any atom is -0.870 e. The summed E-state index contributed by atoms with van der Waals surface area (Å²) in [4.78, 5) is 62.1. The van der Waals surface area contributed by atoms with Crippen molar-refractivity contribution in [3.63, 3.8) is 0 Å². The van der Waals surface area contributed by atoms with Crippen LogP contribution in [-0.4, -0.2) is 130 Å². The molecule has 4 aliphatic heterocycles. The van der Waals surface area contributed by atoms with Crippen LogP contribution in [0, 0.1) is 0 Å². The maximum Gasteiger partial charge on any atom is 1.00 e. The topological polar surface area (TPSA) is 172 Å². The van der Waals surface area contributed by atoms with Crippen LogP contribution in [0.3, 0.4) is 0 Å². The predicted octanol–water partition coefficient (Wildman–Crippen LogP) is 6.38. The van der Waals surface area contributed by atoms with Gasteiger partial charge in [-0.2, -0.15) is 0 Å². The van der Waals surface area contributed by atoms with Crippen molar-refractivity contribution < 1.29 is 58.8 Å². The quantitative estimate of drug-likeness (QED) is 0.108. The van der Waals surface area contributed by atoms with Gasteiger partial charge in [-0.25, -0.2) is 9.59 Å². The van der Waals surface area contributed by atoms with Crippen LogP contribution < -0.4 is 18.9 Å². The second-order valence-corrected chi connectivity index (χ2v) is 20.3. The molecule has 0 aromatic heterocycles. The van der Waals surface area contributed by atoms with Gasteiger partial charge < -0.3 is 30.6 Å². The summed E-state index contributed by atoms with van der Waals surface area (Å²) < 4.78 is 5.24. The van der Waals surface area contributed by atoms with E-state index in [4.69, 9.17) is 4.74 Å². The van der Waals surface area contributed by atoms with Gasteiger partial charge in [0, 0.05) is 38.3 Å². The van der Waals surface area contributed by atoms with Gasteiger partial charge in [0.2, 0.25) is 11.8 Å². The maximum atomic E-state index is 14.2. The standard InChI is InChI=1S/C32H36N2O3.C31H34N2O3.Li.2H2O/c1-37-32(36)29-22-28(33-20-11-18-27(23-33)24-12-5-2-6-13-24)19-21-34(29)31(35)30(25-14-7-3-8-15-25)26-16-9-4-10-17-26;34-30(29(24-13-6-2-7-14-24)25-15-8-3-9-16-25)33-20-18-27(21-28(33)31(35)36)32-19-10-17-26(22-32)23-11-4-1-5-12-23;;;/h2-10,12-17,27-30H,11,18-23H2,1H3;1-9,11-16,26-29H,10,17-22H2,(H,35,36);;2*1H2/q;;+1;;/p-1/t27-,28+,29+;26-,27+,28+;;;/m11.../s1.